The van der Waals surface area contributed by atoms with E-state index in [9.17, 15) is 27.1 Å². The molecule has 2 aliphatic carbocycles. The molecule has 2 aromatic carbocycles. The van der Waals surface area contributed by atoms with E-state index >= 15 is 0 Å². The summed E-state index contributed by atoms with van der Waals surface area (Å²) in [5.74, 6) is -3.16. The Bertz CT molecular complexity index is 1470. The Morgan fingerprint density at radius 1 is 1.05 bits per heavy atom. The lowest BCUT2D eigenvalue weighted by atomic mass is 9.76. The highest BCUT2D eigenvalue weighted by atomic mass is 35.5. The van der Waals surface area contributed by atoms with Gasteiger partial charge in [-0.1, -0.05) is 11.6 Å². The number of hydrogen-bond acceptors (Lipinski definition) is 5. The lowest BCUT2D eigenvalue weighted by Crippen LogP contribution is -2.45. The summed E-state index contributed by atoms with van der Waals surface area (Å²) in [4.78, 5) is 17.2. The first-order valence-electron chi connectivity index (χ1n) is 11.9. The lowest BCUT2D eigenvalue weighted by Gasteiger charge is -2.40. The van der Waals surface area contributed by atoms with Gasteiger partial charge in [0.15, 0.2) is 21.5 Å². The maximum Gasteiger partial charge on any atom is 0.256 e. The Morgan fingerprint density at radius 2 is 1.70 bits per heavy atom. The molecule has 6 nitrogen and oxygen atoms in total. The van der Waals surface area contributed by atoms with Crippen molar-refractivity contribution in [3.05, 3.63) is 77.1 Å². The van der Waals surface area contributed by atoms with Crippen LogP contribution < -0.4 is 5.32 Å². The molecule has 0 aliphatic heterocycles. The highest BCUT2D eigenvalue weighted by molar-refractivity contribution is 7.92. The van der Waals surface area contributed by atoms with E-state index in [1.165, 1.54) is 30.6 Å². The van der Waals surface area contributed by atoms with Gasteiger partial charge >= 0.3 is 0 Å². The summed E-state index contributed by atoms with van der Waals surface area (Å²) in [6, 6.07) is 8.91. The van der Waals surface area contributed by atoms with Crippen molar-refractivity contribution in [1.29, 1.82) is 0 Å². The molecular formula is C27H25ClF2N2O4S. The highest BCUT2D eigenvalue weighted by Crippen LogP contribution is 2.52. The normalized spacial score (nSPS) is 25.2. The molecule has 1 amide bonds. The summed E-state index contributed by atoms with van der Waals surface area (Å²) < 4.78 is 54.7. The minimum Gasteiger partial charge on any atom is -0.390 e. The minimum atomic E-state index is -3.95. The third kappa shape index (κ3) is 4.64. The largest absolute Gasteiger partial charge is 0.390 e. The van der Waals surface area contributed by atoms with E-state index in [0.29, 0.717) is 24.0 Å². The molecule has 2 bridgehead atoms. The number of hydrogen-bond donors (Lipinski definition) is 2. The molecule has 3 unspecified atom stereocenters. The second-order valence-electron chi connectivity index (χ2n) is 9.98. The number of aromatic nitrogens is 1. The van der Waals surface area contributed by atoms with E-state index in [2.05, 4.69) is 10.3 Å². The van der Waals surface area contributed by atoms with Crippen LogP contribution in [0.15, 0.2) is 59.8 Å². The number of nitrogens with zero attached hydrogens (tertiary/aromatic N) is 1. The maximum atomic E-state index is 13.8. The molecule has 4 atom stereocenters. The van der Waals surface area contributed by atoms with Gasteiger partial charge < -0.3 is 10.4 Å². The van der Waals surface area contributed by atoms with Crippen LogP contribution in [0.2, 0.25) is 5.02 Å². The van der Waals surface area contributed by atoms with Crippen molar-refractivity contribution in [2.75, 3.05) is 5.32 Å². The number of carbonyl (C=O) groups is 1. The van der Waals surface area contributed by atoms with Gasteiger partial charge in [0.1, 0.15) is 0 Å². The molecule has 194 valence electrons. The summed E-state index contributed by atoms with van der Waals surface area (Å²) in [5, 5.41) is 12.6. The van der Waals surface area contributed by atoms with Crippen LogP contribution in [0, 0.1) is 23.5 Å². The SMILES string of the molecule is CC1(O)C2CC[C@H]1CC(S(=O)(=O)c1cc(C(=O)Nc3ccc(F)c(F)c3)c(-c3ccncc3)cc1Cl)C2. The minimum absolute atomic E-state index is 0.00434. The number of aliphatic hydroxyl groups is 1. The molecule has 0 radical (unpaired) electrons. The highest BCUT2D eigenvalue weighted by Gasteiger charge is 2.53. The molecule has 1 heterocycles. The van der Waals surface area contributed by atoms with E-state index in [1.807, 2.05) is 0 Å². The predicted molar refractivity (Wildman–Crippen MR) is 136 cm³/mol. The molecule has 37 heavy (non-hydrogen) atoms. The van der Waals surface area contributed by atoms with Crippen LogP contribution in [0.4, 0.5) is 14.5 Å². The Labute approximate surface area is 218 Å². The van der Waals surface area contributed by atoms with Crippen molar-refractivity contribution in [1.82, 2.24) is 4.98 Å². The molecule has 5 rings (SSSR count). The quantitative estimate of drug-likeness (QED) is 0.431. The van der Waals surface area contributed by atoms with Gasteiger partial charge in [0.2, 0.25) is 0 Å². The van der Waals surface area contributed by atoms with Crippen molar-refractivity contribution in [3.8, 4) is 11.1 Å². The number of nitrogens with one attached hydrogen (secondary N) is 1. The average molecular weight is 547 g/mol. The second kappa shape index (κ2) is 9.45. The van der Waals surface area contributed by atoms with Crippen LogP contribution in [-0.4, -0.2) is 35.3 Å². The number of halogens is 3. The first-order valence-corrected chi connectivity index (χ1v) is 13.9. The fourth-order valence-electron chi connectivity index (χ4n) is 5.70. The molecule has 2 aliphatic rings. The zero-order valence-corrected chi connectivity index (χ0v) is 21.5. The predicted octanol–water partition coefficient (Wildman–Crippen LogP) is 5.65. The standard InChI is InChI=1S/C27H25ClF2N2O4S/c1-27(34)16-2-3-17(27)11-19(10-16)37(35,36)25-14-21(20(13-22(25)28)15-6-8-31-9-7-15)26(33)32-18-4-5-23(29)24(30)12-18/h4-9,12-14,16-17,19,34H,2-3,10-11H2,1H3,(H,32,33)/t16-,17?,19?,27?/m0/s1. The van der Waals surface area contributed by atoms with Crippen molar-refractivity contribution < 1.29 is 27.1 Å². The molecule has 1 aromatic heterocycles. The van der Waals surface area contributed by atoms with E-state index in [1.54, 1.807) is 19.1 Å². The number of pyridine rings is 1. The van der Waals surface area contributed by atoms with Gasteiger partial charge in [-0.3, -0.25) is 9.78 Å². The molecule has 0 spiro atoms. The maximum absolute atomic E-state index is 13.8. The van der Waals surface area contributed by atoms with Crippen LogP contribution in [-0.2, 0) is 9.84 Å². The van der Waals surface area contributed by atoms with Crippen LogP contribution in [0.5, 0.6) is 0 Å². The van der Waals surface area contributed by atoms with Gasteiger partial charge in [0.05, 0.1) is 20.8 Å². The van der Waals surface area contributed by atoms with Crippen molar-refractivity contribution >= 4 is 33.0 Å². The molecule has 3 aromatic rings. The fraction of sp³-hybridized carbons (Fsp3) is 0.333. The van der Waals surface area contributed by atoms with Crippen LogP contribution in [0.3, 0.4) is 0 Å². The first-order chi connectivity index (χ1) is 17.5. The molecule has 0 saturated heterocycles. The number of benzene rings is 2. The number of sulfone groups is 1. The molecule has 2 fully saturated rings. The van der Waals surface area contributed by atoms with E-state index in [4.69, 9.17) is 11.6 Å². The van der Waals surface area contributed by atoms with E-state index in [0.717, 1.165) is 25.0 Å². The monoisotopic (exact) mass is 546 g/mol. The lowest BCUT2D eigenvalue weighted by molar-refractivity contribution is -0.0413. The summed E-state index contributed by atoms with van der Waals surface area (Å²) in [6.45, 7) is 1.77. The van der Waals surface area contributed by atoms with Crippen molar-refractivity contribution in [2.24, 2.45) is 11.8 Å². The summed E-state index contributed by atoms with van der Waals surface area (Å²) in [6.07, 6.45) is 5.19. The van der Waals surface area contributed by atoms with Gasteiger partial charge in [-0.2, -0.15) is 0 Å². The van der Waals surface area contributed by atoms with Gasteiger partial charge in [-0.25, -0.2) is 17.2 Å². The Morgan fingerprint density at radius 3 is 2.32 bits per heavy atom. The Kier molecular flexibility index (Phi) is 6.58. The average Bonchev–Trinajstić information content (AvgIpc) is 3.02. The summed E-state index contributed by atoms with van der Waals surface area (Å²) in [7, 11) is -3.95. The molecule has 2 N–H and O–H groups in total. The number of carbonyl (C=O) groups excluding carboxylic acids is 1. The number of rotatable bonds is 5. The smallest absolute Gasteiger partial charge is 0.256 e. The zero-order valence-electron chi connectivity index (χ0n) is 19.9. The fourth-order valence-corrected chi connectivity index (χ4v) is 8.13. The van der Waals surface area contributed by atoms with Gasteiger partial charge in [-0.15, -0.1) is 0 Å². The van der Waals surface area contributed by atoms with Gasteiger partial charge in [-0.05, 0) is 92.0 Å². The Hall–Kier alpha value is -2.88. The zero-order chi connectivity index (χ0) is 26.5. The van der Waals surface area contributed by atoms with Crippen molar-refractivity contribution in [2.45, 2.75) is 48.4 Å². The third-order valence-corrected chi connectivity index (χ3v) is 10.5. The topological polar surface area (TPSA) is 96.4 Å². The Balaban J connectivity index is 1.57. The first kappa shape index (κ1) is 25.8. The van der Waals surface area contributed by atoms with Gasteiger partial charge in [0.25, 0.3) is 5.91 Å². The summed E-state index contributed by atoms with van der Waals surface area (Å²) in [5.41, 5.74) is 0.0528. The number of fused-ring (bicyclic) bond motifs is 2. The summed E-state index contributed by atoms with van der Waals surface area (Å²) >= 11 is 6.54. The second-order valence-corrected chi connectivity index (χ2v) is 12.6. The van der Waals surface area contributed by atoms with Crippen LogP contribution >= 0.6 is 11.6 Å². The van der Waals surface area contributed by atoms with E-state index < -0.39 is 38.2 Å². The molecule has 10 heteroatoms. The van der Waals surface area contributed by atoms with Gasteiger partial charge in [0, 0.05) is 29.7 Å². The van der Waals surface area contributed by atoms with Crippen molar-refractivity contribution in [3.63, 3.8) is 0 Å². The molecular weight excluding hydrogens is 522 g/mol. The van der Waals surface area contributed by atoms with E-state index in [-0.39, 0.29) is 33.0 Å². The molecule has 2 saturated carbocycles. The number of amides is 1. The van der Waals surface area contributed by atoms with Crippen LogP contribution in [0.1, 0.15) is 43.0 Å². The number of anilines is 1. The third-order valence-electron chi connectivity index (χ3n) is 7.84. The van der Waals surface area contributed by atoms with Crippen LogP contribution in [0.25, 0.3) is 11.1 Å².